The van der Waals surface area contributed by atoms with Gasteiger partial charge in [0.15, 0.2) is 0 Å². The molecule has 1 aliphatic heterocycles. The highest BCUT2D eigenvalue weighted by Gasteiger charge is 2.32. The van der Waals surface area contributed by atoms with E-state index in [0.717, 1.165) is 6.07 Å². The first kappa shape index (κ1) is 15.7. The Kier molecular flexibility index (Phi) is 4.46. The number of halogens is 2. The molecule has 0 spiro atoms. The molecular formula is C15H20F2N2O2. The van der Waals surface area contributed by atoms with E-state index in [1.807, 2.05) is 0 Å². The molecule has 1 fully saturated rings. The normalized spacial score (nSPS) is 22.1. The van der Waals surface area contributed by atoms with E-state index in [1.165, 1.54) is 12.1 Å². The van der Waals surface area contributed by atoms with Gasteiger partial charge in [0.1, 0.15) is 17.2 Å². The van der Waals surface area contributed by atoms with Gasteiger partial charge in [-0.2, -0.15) is 0 Å². The van der Waals surface area contributed by atoms with Crippen molar-refractivity contribution in [1.82, 2.24) is 10.6 Å². The van der Waals surface area contributed by atoms with Crippen molar-refractivity contribution in [3.05, 3.63) is 35.4 Å². The summed E-state index contributed by atoms with van der Waals surface area (Å²) in [7, 11) is 0. The molecule has 2 atom stereocenters. The van der Waals surface area contributed by atoms with Crippen molar-refractivity contribution in [2.24, 2.45) is 0 Å². The summed E-state index contributed by atoms with van der Waals surface area (Å²) in [5.74, 6) is -1.46. The molecule has 2 N–H and O–H groups in total. The summed E-state index contributed by atoms with van der Waals surface area (Å²) in [6, 6.07) is 3.21. The molecule has 1 aromatic carbocycles. The zero-order valence-corrected chi connectivity index (χ0v) is 12.4. The van der Waals surface area contributed by atoms with E-state index >= 15 is 0 Å². The van der Waals surface area contributed by atoms with Crippen molar-refractivity contribution in [1.29, 1.82) is 0 Å². The minimum Gasteiger partial charge on any atom is -0.444 e. The molecule has 6 heteroatoms. The highest BCUT2D eigenvalue weighted by Crippen LogP contribution is 2.26. The van der Waals surface area contributed by atoms with Crippen molar-refractivity contribution < 1.29 is 18.3 Å². The van der Waals surface area contributed by atoms with E-state index in [-0.39, 0.29) is 12.0 Å². The first-order valence-electron chi connectivity index (χ1n) is 6.91. The molecule has 4 nitrogen and oxygen atoms in total. The monoisotopic (exact) mass is 298 g/mol. The number of nitrogens with one attached hydrogen (secondary N) is 2. The summed E-state index contributed by atoms with van der Waals surface area (Å²) in [5, 5.41) is 5.84. The van der Waals surface area contributed by atoms with Gasteiger partial charge in [0, 0.05) is 25.1 Å². The number of carbonyl (C=O) groups is 1. The molecule has 1 aliphatic rings. The third-order valence-electron chi connectivity index (χ3n) is 3.28. The van der Waals surface area contributed by atoms with Gasteiger partial charge in [0.05, 0.1) is 6.04 Å². The highest BCUT2D eigenvalue weighted by atomic mass is 19.1. The van der Waals surface area contributed by atoms with E-state index < -0.39 is 23.3 Å². The molecule has 0 aromatic heterocycles. The molecule has 0 saturated carbocycles. The maximum absolute atomic E-state index is 13.9. The minimum absolute atomic E-state index is 0.252. The summed E-state index contributed by atoms with van der Waals surface area (Å²) in [6.07, 6.45) is -0.538. The van der Waals surface area contributed by atoms with Gasteiger partial charge in [-0.05, 0) is 32.4 Å². The van der Waals surface area contributed by atoms with Gasteiger partial charge in [0.2, 0.25) is 0 Å². The van der Waals surface area contributed by atoms with Crippen LogP contribution >= 0.6 is 0 Å². The van der Waals surface area contributed by atoms with E-state index in [2.05, 4.69) is 10.6 Å². The largest absolute Gasteiger partial charge is 0.444 e. The second-order valence-electron chi connectivity index (χ2n) is 6.18. The molecule has 0 aliphatic carbocycles. The zero-order valence-electron chi connectivity index (χ0n) is 12.4. The lowest BCUT2D eigenvalue weighted by atomic mass is 9.94. The smallest absolute Gasteiger partial charge is 0.407 e. The summed E-state index contributed by atoms with van der Waals surface area (Å²) in [6.45, 7) is 6.35. The van der Waals surface area contributed by atoms with Gasteiger partial charge < -0.3 is 15.4 Å². The van der Waals surface area contributed by atoms with Gasteiger partial charge in [-0.25, -0.2) is 13.6 Å². The van der Waals surface area contributed by atoms with Crippen LogP contribution in [0.3, 0.4) is 0 Å². The summed E-state index contributed by atoms with van der Waals surface area (Å²) < 4.78 is 32.1. The Bertz CT molecular complexity index is 529. The van der Waals surface area contributed by atoms with Crippen LogP contribution in [0.2, 0.25) is 0 Å². The Labute approximate surface area is 122 Å². The molecule has 0 radical (unpaired) electrons. The summed E-state index contributed by atoms with van der Waals surface area (Å²) >= 11 is 0. The van der Waals surface area contributed by atoms with Crippen molar-refractivity contribution >= 4 is 6.09 Å². The van der Waals surface area contributed by atoms with Crippen LogP contribution in [-0.2, 0) is 4.74 Å². The molecule has 1 amide bonds. The third kappa shape index (κ3) is 4.14. The molecular weight excluding hydrogens is 278 g/mol. The number of amides is 1. The molecule has 1 aromatic rings. The quantitative estimate of drug-likeness (QED) is 0.882. The van der Waals surface area contributed by atoms with Crippen LogP contribution in [0, 0.1) is 11.6 Å². The summed E-state index contributed by atoms with van der Waals surface area (Å²) in [4.78, 5) is 11.8. The van der Waals surface area contributed by atoms with Gasteiger partial charge in [0.25, 0.3) is 0 Å². The number of ether oxygens (including phenoxy) is 1. The zero-order chi connectivity index (χ0) is 15.6. The molecule has 2 rings (SSSR count). The van der Waals surface area contributed by atoms with Gasteiger partial charge >= 0.3 is 6.09 Å². The molecule has 1 saturated heterocycles. The maximum Gasteiger partial charge on any atom is 0.407 e. The molecule has 116 valence electrons. The Morgan fingerprint density at radius 1 is 1.33 bits per heavy atom. The molecule has 21 heavy (non-hydrogen) atoms. The number of alkyl carbamates (subject to hydrolysis) is 1. The van der Waals surface area contributed by atoms with Gasteiger partial charge in [-0.3, -0.25) is 0 Å². The van der Waals surface area contributed by atoms with Crippen molar-refractivity contribution in [3.63, 3.8) is 0 Å². The topological polar surface area (TPSA) is 50.4 Å². The summed E-state index contributed by atoms with van der Waals surface area (Å²) in [5.41, 5.74) is -0.199. The van der Waals surface area contributed by atoms with E-state index in [4.69, 9.17) is 4.74 Å². The van der Waals surface area contributed by atoms with E-state index in [9.17, 15) is 13.6 Å². The van der Waals surface area contributed by atoms with Crippen LogP contribution < -0.4 is 10.6 Å². The van der Waals surface area contributed by atoms with E-state index in [1.54, 1.807) is 20.8 Å². The standard InChI is InChI=1S/C15H20F2N2O2/c1-15(2,3)21-14(20)19-13-8-18-7-11(13)10-5-4-9(16)6-12(10)17/h4-6,11,13,18H,7-8H2,1-3H3,(H,19,20)/t11-,13+/m1/s1. The maximum atomic E-state index is 13.9. The number of hydrogen-bond donors (Lipinski definition) is 2. The first-order valence-corrected chi connectivity index (χ1v) is 6.91. The van der Waals surface area contributed by atoms with Crippen LogP contribution in [0.5, 0.6) is 0 Å². The predicted octanol–water partition coefficient (Wildman–Crippen LogP) is 2.54. The average Bonchev–Trinajstić information content (AvgIpc) is 2.74. The van der Waals surface area contributed by atoms with Crippen LogP contribution in [0.4, 0.5) is 13.6 Å². The average molecular weight is 298 g/mol. The lowest BCUT2D eigenvalue weighted by molar-refractivity contribution is 0.0504. The second kappa shape index (κ2) is 5.97. The fourth-order valence-corrected chi connectivity index (χ4v) is 2.42. The first-order chi connectivity index (χ1) is 9.76. The van der Waals surface area contributed by atoms with Gasteiger partial charge in [-0.1, -0.05) is 6.07 Å². The van der Waals surface area contributed by atoms with Crippen LogP contribution in [0.15, 0.2) is 18.2 Å². The SMILES string of the molecule is CC(C)(C)OC(=O)N[C@H]1CNC[C@@H]1c1ccc(F)cc1F. The molecule has 0 unspecified atom stereocenters. The number of rotatable bonds is 2. The second-order valence-corrected chi connectivity index (χ2v) is 6.18. The fourth-order valence-electron chi connectivity index (χ4n) is 2.42. The van der Waals surface area contributed by atoms with Gasteiger partial charge in [-0.15, -0.1) is 0 Å². The van der Waals surface area contributed by atoms with Crippen LogP contribution in [0.25, 0.3) is 0 Å². The Hall–Kier alpha value is -1.69. The van der Waals surface area contributed by atoms with E-state index in [0.29, 0.717) is 18.7 Å². The lowest BCUT2D eigenvalue weighted by Gasteiger charge is -2.24. The third-order valence-corrected chi connectivity index (χ3v) is 3.28. The van der Waals surface area contributed by atoms with Crippen molar-refractivity contribution in [3.8, 4) is 0 Å². The Morgan fingerprint density at radius 2 is 2.05 bits per heavy atom. The number of carbonyl (C=O) groups excluding carboxylic acids is 1. The molecule has 0 bridgehead atoms. The highest BCUT2D eigenvalue weighted by molar-refractivity contribution is 5.68. The lowest BCUT2D eigenvalue weighted by Crippen LogP contribution is -2.42. The minimum atomic E-state index is -0.612. The Balaban J connectivity index is 2.08. The number of hydrogen-bond acceptors (Lipinski definition) is 3. The molecule has 1 heterocycles. The van der Waals surface area contributed by atoms with Crippen LogP contribution in [-0.4, -0.2) is 30.8 Å². The number of benzene rings is 1. The van der Waals surface area contributed by atoms with Crippen molar-refractivity contribution in [2.75, 3.05) is 13.1 Å². The fraction of sp³-hybridized carbons (Fsp3) is 0.533. The van der Waals surface area contributed by atoms with Crippen LogP contribution in [0.1, 0.15) is 32.3 Å². The predicted molar refractivity (Wildman–Crippen MR) is 75.1 cm³/mol. The van der Waals surface area contributed by atoms with Crippen molar-refractivity contribution in [2.45, 2.75) is 38.3 Å². The Morgan fingerprint density at radius 3 is 2.67 bits per heavy atom.